The molecule has 15 heavy (non-hydrogen) atoms. The van der Waals surface area contributed by atoms with Gasteiger partial charge in [-0.05, 0) is 38.9 Å². The van der Waals surface area contributed by atoms with E-state index in [0.717, 1.165) is 18.7 Å². The molecule has 84 valence electrons. The summed E-state index contributed by atoms with van der Waals surface area (Å²) in [5.41, 5.74) is 8.25. The molecule has 0 atom stereocenters. The smallest absolute Gasteiger partial charge is 0.0359 e. The third kappa shape index (κ3) is 2.96. The molecule has 0 radical (unpaired) electrons. The molecular formula is C13H22N2. The molecule has 2 nitrogen and oxygen atoms in total. The molecule has 1 aromatic rings. The topological polar surface area (TPSA) is 29.3 Å². The van der Waals surface area contributed by atoms with Gasteiger partial charge in [0.05, 0.1) is 0 Å². The van der Waals surface area contributed by atoms with Crippen molar-refractivity contribution in [3.8, 4) is 0 Å². The fraction of sp³-hybridized carbons (Fsp3) is 0.538. The Morgan fingerprint density at radius 2 is 1.87 bits per heavy atom. The number of nitrogens with two attached hydrogens (primary N) is 1. The minimum atomic E-state index is 0.224. The predicted octanol–water partition coefficient (Wildman–Crippen LogP) is 2.89. The largest absolute Gasteiger partial charge is 0.398 e. The highest BCUT2D eigenvalue weighted by molar-refractivity contribution is 5.46. The first-order chi connectivity index (χ1) is 6.97. The van der Waals surface area contributed by atoms with Gasteiger partial charge in [0.15, 0.2) is 0 Å². The molecule has 2 heteroatoms. The van der Waals surface area contributed by atoms with Crippen molar-refractivity contribution < 1.29 is 0 Å². The van der Waals surface area contributed by atoms with Gasteiger partial charge in [-0.2, -0.15) is 0 Å². The van der Waals surface area contributed by atoms with Crippen LogP contribution in [0.1, 0.15) is 32.8 Å². The lowest BCUT2D eigenvalue weighted by Crippen LogP contribution is -2.39. The van der Waals surface area contributed by atoms with E-state index < -0.39 is 0 Å². The van der Waals surface area contributed by atoms with Crippen molar-refractivity contribution in [2.24, 2.45) is 0 Å². The third-order valence-corrected chi connectivity index (χ3v) is 3.36. The van der Waals surface area contributed by atoms with E-state index in [-0.39, 0.29) is 5.54 Å². The van der Waals surface area contributed by atoms with Crippen molar-refractivity contribution >= 4 is 5.69 Å². The van der Waals surface area contributed by atoms with E-state index in [2.05, 4.69) is 38.8 Å². The summed E-state index contributed by atoms with van der Waals surface area (Å²) in [6.45, 7) is 7.64. The third-order valence-electron chi connectivity index (χ3n) is 3.36. The normalized spacial score (nSPS) is 12.1. The van der Waals surface area contributed by atoms with E-state index in [0.29, 0.717) is 0 Å². The second-order valence-electron chi connectivity index (χ2n) is 4.72. The van der Waals surface area contributed by atoms with Crippen LogP contribution >= 0.6 is 0 Å². The van der Waals surface area contributed by atoms with E-state index in [1.165, 1.54) is 5.56 Å². The highest BCUT2D eigenvalue weighted by Gasteiger charge is 2.21. The molecule has 2 N–H and O–H groups in total. The first kappa shape index (κ1) is 12.1. The Balaban J connectivity index is 2.75. The van der Waals surface area contributed by atoms with Gasteiger partial charge < -0.3 is 5.73 Å². The second-order valence-corrected chi connectivity index (χ2v) is 4.72. The minimum absolute atomic E-state index is 0.224. The average Bonchev–Trinajstić information content (AvgIpc) is 2.21. The van der Waals surface area contributed by atoms with E-state index >= 15 is 0 Å². The SMILES string of the molecule is CCC(C)(C)N(C)Cc1ccccc1N. The number of anilines is 1. The number of rotatable bonds is 4. The van der Waals surface area contributed by atoms with Gasteiger partial charge in [-0.25, -0.2) is 0 Å². The Bertz CT molecular complexity index is 318. The van der Waals surface area contributed by atoms with Crippen molar-refractivity contribution in [3.63, 3.8) is 0 Å². The lowest BCUT2D eigenvalue weighted by atomic mass is 9.99. The number of hydrogen-bond donors (Lipinski definition) is 1. The van der Waals surface area contributed by atoms with Crippen LogP contribution in [-0.2, 0) is 6.54 Å². The maximum atomic E-state index is 5.93. The van der Waals surface area contributed by atoms with Gasteiger partial charge in [0.1, 0.15) is 0 Å². The van der Waals surface area contributed by atoms with Crippen LogP contribution in [-0.4, -0.2) is 17.5 Å². The van der Waals surface area contributed by atoms with E-state index in [9.17, 15) is 0 Å². The quantitative estimate of drug-likeness (QED) is 0.767. The summed E-state index contributed by atoms with van der Waals surface area (Å²) in [7, 11) is 2.15. The lowest BCUT2D eigenvalue weighted by molar-refractivity contribution is 0.143. The summed E-state index contributed by atoms with van der Waals surface area (Å²) in [6, 6.07) is 8.07. The summed E-state index contributed by atoms with van der Waals surface area (Å²) < 4.78 is 0. The highest BCUT2D eigenvalue weighted by Crippen LogP contribution is 2.21. The molecule has 0 amide bonds. The lowest BCUT2D eigenvalue weighted by Gasteiger charge is -2.35. The molecule has 0 heterocycles. The van der Waals surface area contributed by atoms with Crippen molar-refractivity contribution in [1.82, 2.24) is 4.90 Å². The highest BCUT2D eigenvalue weighted by atomic mass is 15.2. The molecule has 0 spiro atoms. The van der Waals surface area contributed by atoms with E-state index in [4.69, 9.17) is 5.73 Å². The molecule has 0 aliphatic rings. The van der Waals surface area contributed by atoms with Gasteiger partial charge >= 0.3 is 0 Å². The molecule has 1 rings (SSSR count). The second kappa shape index (κ2) is 4.67. The molecule has 0 unspecified atom stereocenters. The van der Waals surface area contributed by atoms with Gasteiger partial charge in [-0.3, -0.25) is 4.90 Å². The van der Waals surface area contributed by atoms with Gasteiger partial charge in [0, 0.05) is 17.8 Å². The zero-order valence-corrected chi connectivity index (χ0v) is 10.2. The van der Waals surface area contributed by atoms with Gasteiger partial charge in [-0.15, -0.1) is 0 Å². The Morgan fingerprint density at radius 3 is 2.40 bits per heavy atom. The van der Waals surface area contributed by atoms with Crippen LogP contribution in [0, 0.1) is 0 Å². The predicted molar refractivity (Wildman–Crippen MR) is 66.7 cm³/mol. The summed E-state index contributed by atoms with van der Waals surface area (Å²) in [5, 5.41) is 0. The Kier molecular flexibility index (Phi) is 3.75. The van der Waals surface area contributed by atoms with Gasteiger partial charge in [0.25, 0.3) is 0 Å². The standard InChI is InChI=1S/C13H22N2/c1-5-13(2,3)15(4)10-11-8-6-7-9-12(11)14/h6-9H,5,10,14H2,1-4H3. The monoisotopic (exact) mass is 206 g/mol. The fourth-order valence-electron chi connectivity index (χ4n) is 1.42. The molecule has 0 aromatic heterocycles. The van der Waals surface area contributed by atoms with Crippen molar-refractivity contribution in [3.05, 3.63) is 29.8 Å². The fourth-order valence-corrected chi connectivity index (χ4v) is 1.42. The first-order valence-electron chi connectivity index (χ1n) is 5.52. The summed E-state index contributed by atoms with van der Waals surface area (Å²) >= 11 is 0. The summed E-state index contributed by atoms with van der Waals surface area (Å²) in [4.78, 5) is 2.35. The Hall–Kier alpha value is -1.02. The van der Waals surface area contributed by atoms with E-state index in [1.807, 2.05) is 18.2 Å². The maximum absolute atomic E-state index is 5.93. The maximum Gasteiger partial charge on any atom is 0.0359 e. The summed E-state index contributed by atoms with van der Waals surface area (Å²) in [5.74, 6) is 0. The summed E-state index contributed by atoms with van der Waals surface area (Å²) in [6.07, 6.45) is 1.14. The Morgan fingerprint density at radius 1 is 1.27 bits per heavy atom. The van der Waals surface area contributed by atoms with Crippen LogP contribution in [0.4, 0.5) is 5.69 Å². The van der Waals surface area contributed by atoms with Gasteiger partial charge in [0.2, 0.25) is 0 Å². The number of para-hydroxylation sites is 1. The van der Waals surface area contributed by atoms with Gasteiger partial charge in [-0.1, -0.05) is 25.1 Å². The zero-order valence-electron chi connectivity index (χ0n) is 10.2. The number of hydrogen-bond acceptors (Lipinski definition) is 2. The molecule has 0 fully saturated rings. The first-order valence-corrected chi connectivity index (χ1v) is 5.52. The zero-order chi connectivity index (χ0) is 11.5. The van der Waals surface area contributed by atoms with Crippen LogP contribution < -0.4 is 5.73 Å². The van der Waals surface area contributed by atoms with Crippen LogP contribution in [0.3, 0.4) is 0 Å². The van der Waals surface area contributed by atoms with Crippen molar-refractivity contribution in [1.29, 1.82) is 0 Å². The van der Waals surface area contributed by atoms with Crippen molar-refractivity contribution in [2.45, 2.75) is 39.3 Å². The Labute approximate surface area is 93.1 Å². The molecule has 0 aliphatic carbocycles. The van der Waals surface area contributed by atoms with Crippen LogP contribution in [0.15, 0.2) is 24.3 Å². The van der Waals surface area contributed by atoms with E-state index in [1.54, 1.807) is 0 Å². The molecule has 1 aromatic carbocycles. The molecule has 0 bridgehead atoms. The number of nitrogens with zero attached hydrogens (tertiary/aromatic N) is 1. The average molecular weight is 206 g/mol. The molecule has 0 saturated carbocycles. The number of nitrogen functional groups attached to an aromatic ring is 1. The van der Waals surface area contributed by atoms with Crippen LogP contribution in [0.2, 0.25) is 0 Å². The number of benzene rings is 1. The minimum Gasteiger partial charge on any atom is -0.398 e. The molecule has 0 aliphatic heterocycles. The molecular weight excluding hydrogens is 184 g/mol. The van der Waals surface area contributed by atoms with Crippen LogP contribution in [0.5, 0.6) is 0 Å². The van der Waals surface area contributed by atoms with Crippen LogP contribution in [0.25, 0.3) is 0 Å². The molecule has 0 saturated heterocycles. The van der Waals surface area contributed by atoms with Crippen molar-refractivity contribution in [2.75, 3.05) is 12.8 Å².